The molecule has 2 aliphatic heterocycles. The van der Waals surface area contributed by atoms with E-state index in [9.17, 15) is 9.59 Å². The summed E-state index contributed by atoms with van der Waals surface area (Å²) >= 11 is 6.02. The second-order valence-electron chi connectivity index (χ2n) is 7.22. The molecule has 1 atom stereocenters. The molecule has 0 radical (unpaired) electrons. The second kappa shape index (κ2) is 7.13. The summed E-state index contributed by atoms with van der Waals surface area (Å²) in [6.07, 6.45) is 6.54. The van der Waals surface area contributed by atoms with Gasteiger partial charge in [0.2, 0.25) is 5.91 Å². The fraction of sp³-hybridized carbons (Fsp3) is 0.526. The van der Waals surface area contributed by atoms with Crippen LogP contribution < -0.4 is 0 Å². The molecule has 2 fully saturated rings. The van der Waals surface area contributed by atoms with E-state index in [1.54, 1.807) is 40.9 Å². The van der Waals surface area contributed by atoms with Crippen LogP contribution in [-0.4, -0.2) is 69.9 Å². The Morgan fingerprint density at radius 3 is 2.81 bits per heavy atom. The SMILES string of the molecule is COCCN1CCCC2(CCCN2C(=O)c2cn3cc(Cl)ccc3n2)C1=O. The molecule has 2 aromatic heterocycles. The van der Waals surface area contributed by atoms with Gasteiger partial charge in [-0.15, -0.1) is 0 Å². The minimum Gasteiger partial charge on any atom is -0.383 e. The van der Waals surface area contributed by atoms with E-state index in [1.807, 2.05) is 4.90 Å². The van der Waals surface area contributed by atoms with Gasteiger partial charge in [-0.3, -0.25) is 9.59 Å². The Bertz CT molecular complexity index is 883. The van der Waals surface area contributed by atoms with E-state index in [4.69, 9.17) is 16.3 Å². The van der Waals surface area contributed by atoms with Crippen molar-refractivity contribution in [3.8, 4) is 0 Å². The lowest BCUT2D eigenvalue weighted by Crippen LogP contribution is -2.61. The van der Waals surface area contributed by atoms with Gasteiger partial charge in [-0.05, 0) is 37.8 Å². The highest BCUT2D eigenvalue weighted by Crippen LogP contribution is 2.39. The van der Waals surface area contributed by atoms with Crippen LogP contribution in [0, 0.1) is 0 Å². The van der Waals surface area contributed by atoms with Crippen molar-refractivity contribution in [1.82, 2.24) is 19.2 Å². The lowest BCUT2D eigenvalue weighted by atomic mass is 9.85. The molecule has 4 rings (SSSR count). The highest BCUT2D eigenvalue weighted by atomic mass is 35.5. The third-order valence-electron chi connectivity index (χ3n) is 5.64. The van der Waals surface area contributed by atoms with Crippen LogP contribution in [0.15, 0.2) is 24.5 Å². The molecular weight excluding hydrogens is 368 g/mol. The van der Waals surface area contributed by atoms with Gasteiger partial charge in [-0.25, -0.2) is 4.98 Å². The zero-order valence-electron chi connectivity index (χ0n) is 15.4. The molecule has 2 amide bonds. The molecule has 144 valence electrons. The zero-order valence-corrected chi connectivity index (χ0v) is 16.1. The number of rotatable bonds is 4. The summed E-state index contributed by atoms with van der Waals surface area (Å²) < 4.78 is 6.87. The molecule has 2 aromatic rings. The Kier molecular flexibility index (Phi) is 4.82. The number of amides is 2. The largest absolute Gasteiger partial charge is 0.383 e. The van der Waals surface area contributed by atoms with Crippen LogP contribution in [0.3, 0.4) is 0 Å². The first-order valence-electron chi connectivity index (χ1n) is 9.30. The van der Waals surface area contributed by atoms with Crippen molar-refractivity contribution in [3.05, 3.63) is 35.2 Å². The number of fused-ring (bicyclic) bond motifs is 1. The Morgan fingerprint density at radius 2 is 2.04 bits per heavy atom. The van der Waals surface area contributed by atoms with Crippen molar-refractivity contribution in [2.75, 3.05) is 33.4 Å². The van der Waals surface area contributed by atoms with Crippen LogP contribution in [0.25, 0.3) is 5.65 Å². The van der Waals surface area contributed by atoms with Gasteiger partial charge in [0, 0.05) is 39.1 Å². The van der Waals surface area contributed by atoms with E-state index >= 15 is 0 Å². The number of hydrogen-bond donors (Lipinski definition) is 0. The summed E-state index contributed by atoms with van der Waals surface area (Å²) in [6, 6.07) is 3.52. The molecule has 1 spiro atoms. The minimum absolute atomic E-state index is 0.0449. The first-order valence-corrected chi connectivity index (χ1v) is 9.67. The van der Waals surface area contributed by atoms with E-state index in [1.165, 1.54) is 0 Å². The van der Waals surface area contributed by atoms with Crippen molar-refractivity contribution in [2.45, 2.75) is 31.2 Å². The first kappa shape index (κ1) is 18.3. The lowest BCUT2D eigenvalue weighted by molar-refractivity contribution is -0.146. The standard InChI is InChI=1S/C19H23ClN4O3/c1-27-11-10-22-8-2-6-19(18(22)26)7-3-9-24(19)17(25)15-13-23-12-14(20)4-5-16(23)21-15/h4-5,12-13H,2-3,6-11H2,1H3. The second-order valence-corrected chi connectivity index (χ2v) is 7.66. The average Bonchev–Trinajstić information content (AvgIpc) is 3.27. The fourth-order valence-electron chi connectivity index (χ4n) is 4.34. The number of aromatic nitrogens is 2. The Labute approximate surface area is 162 Å². The van der Waals surface area contributed by atoms with Gasteiger partial charge in [0.15, 0.2) is 0 Å². The zero-order chi connectivity index (χ0) is 19.0. The van der Waals surface area contributed by atoms with E-state index in [2.05, 4.69) is 4.98 Å². The summed E-state index contributed by atoms with van der Waals surface area (Å²) in [6.45, 7) is 2.37. The summed E-state index contributed by atoms with van der Waals surface area (Å²) in [5.41, 5.74) is 0.268. The van der Waals surface area contributed by atoms with E-state index < -0.39 is 5.54 Å². The molecule has 0 bridgehead atoms. The number of carbonyl (C=O) groups excluding carboxylic acids is 2. The van der Waals surface area contributed by atoms with Gasteiger partial charge in [0.1, 0.15) is 16.9 Å². The van der Waals surface area contributed by atoms with Gasteiger partial charge >= 0.3 is 0 Å². The van der Waals surface area contributed by atoms with E-state index in [0.717, 1.165) is 19.4 Å². The van der Waals surface area contributed by atoms with E-state index in [-0.39, 0.29) is 11.8 Å². The van der Waals surface area contributed by atoms with Crippen LogP contribution in [-0.2, 0) is 9.53 Å². The third-order valence-corrected chi connectivity index (χ3v) is 5.86. The Hall–Kier alpha value is -2.12. The van der Waals surface area contributed by atoms with Gasteiger partial charge in [-0.2, -0.15) is 0 Å². The topological polar surface area (TPSA) is 67.2 Å². The number of carbonyl (C=O) groups is 2. The highest BCUT2D eigenvalue weighted by molar-refractivity contribution is 6.30. The van der Waals surface area contributed by atoms with Crippen molar-refractivity contribution in [1.29, 1.82) is 0 Å². The number of nitrogens with zero attached hydrogens (tertiary/aromatic N) is 4. The molecule has 4 heterocycles. The lowest BCUT2D eigenvalue weighted by Gasteiger charge is -2.44. The quantitative estimate of drug-likeness (QED) is 0.802. The maximum atomic E-state index is 13.3. The molecule has 2 saturated heterocycles. The number of imidazole rings is 1. The molecule has 7 nitrogen and oxygen atoms in total. The van der Waals surface area contributed by atoms with Gasteiger partial charge in [0.25, 0.3) is 5.91 Å². The number of pyridine rings is 1. The number of ether oxygens (including phenoxy) is 1. The van der Waals surface area contributed by atoms with E-state index in [0.29, 0.717) is 48.9 Å². The summed E-state index contributed by atoms with van der Waals surface area (Å²) in [4.78, 5) is 34.5. The molecule has 2 aliphatic rings. The third kappa shape index (κ3) is 3.08. The first-order chi connectivity index (χ1) is 13.0. The maximum absolute atomic E-state index is 13.3. The van der Waals surface area contributed by atoms with Crippen molar-refractivity contribution in [2.24, 2.45) is 0 Å². The van der Waals surface area contributed by atoms with Crippen LogP contribution in [0.4, 0.5) is 0 Å². The monoisotopic (exact) mass is 390 g/mol. The minimum atomic E-state index is -0.740. The normalized spacial score (nSPS) is 23.0. The van der Waals surface area contributed by atoms with Crippen LogP contribution in [0.2, 0.25) is 5.02 Å². The molecule has 0 aromatic carbocycles. The smallest absolute Gasteiger partial charge is 0.274 e. The number of methoxy groups -OCH3 is 1. The Balaban J connectivity index is 1.63. The van der Waals surface area contributed by atoms with Gasteiger partial charge < -0.3 is 18.9 Å². The molecule has 8 heteroatoms. The van der Waals surface area contributed by atoms with Crippen LogP contribution >= 0.6 is 11.6 Å². The summed E-state index contributed by atoms with van der Waals surface area (Å²) in [5, 5.41) is 0.577. The van der Waals surface area contributed by atoms with Crippen molar-refractivity contribution in [3.63, 3.8) is 0 Å². The number of hydrogen-bond acceptors (Lipinski definition) is 4. The average molecular weight is 391 g/mol. The number of likely N-dealkylation sites (tertiary alicyclic amines) is 2. The van der Waals surface area contributed by atoms with Gasteiger partial charge in [-0.1, -0.05) is 11.6 Å². The summed E-state index contributed by atoms with van der Waals surface area (Å²) in [5.74, 6) is -0.141. The summed E-state index contributed by atoms with van der Waals surface area (Å²) in [7, 11) is 1.63. The van der Waals surface area contributed by atoms with Crippen molar-refractivity contribution < 1.29 is 14.3 Å². The molecular formula is C19H23ClN4O3. The molecule has 0 N–H and O–H groups in total. The molecule has 1 unspecified atom stereocenters. The number of halogens is 1. The maximum Gasteiger partial charge on any atom is 0.274 e. The highest BCUT2D eigenvalue weighted by Gasteiger charge is 2.53. The van der Waals surface area contributed by atoms with Gasteiger partial charge in [0.05, 0.1) is 11.6 Å². The Morgan fingerprint density at radius 1 is 1.26 bits per heavy atom. The number of piperidine rings is 1. The predicted molar refractivity (Wildman–Crippen MR) is 101 cm³/mol. The van der Waals surface area contributed by atoms with Crippen LogP contribution in [0.1, 0.15) is 36.2 Å². The van der Waals surface area contributed by atoms with Crippen molar-refractivity contribution >= 4 is 29.1 Å². The molecule has 0 aliphatic carbocycles. The molecule has 0 saturated carbocycles. The fourth-order valence-corrected chi connectivity index (χ4v) is 4.51. The molecule has 27 heavy (non-hydrogen) atoms. The van der Waals surface area contributed by atoms with Crippen LogP contribution in [0.5, 0.6) is 0 Å². The predicted octanol–water partition coefficient (Wildman–Crippen LogP) is 2.23.